The highest BCUT2D eigenvalue weighted by Gasteiger charge is 2.35. The Balaban J connectivity index is 1.51. The van der Waals surface area contributed by atoms with Crippen LogP contribution in [0.1, 0.15) is 22.5 Å². The van der Waals surface area contributed by atoms with E-state index >= 15 is 0 Å². The maximum Gasteiger partial charge on any atom is 0.311 e. The lowest BCUT2D eigenvalue weighted by molar-refractivity contribution is -0.147. The molecule has 0 bridgehead atoms. The van der Waals surface area contributed by atoms with Crippen LogP contribution < -0.4 is 0 Å². The summed E-state index contributed by atoms with van der Waals surface area (Å²) in [4.78, 5) is 37.7. The summed E-state index contributed by atoms with van der Waals surface area (Å²) in [6.45, 7) is 0.218. The number of rotatable bonds is 6. The van der Waals surface area contributed by atoms with Crippen LogP contribution in [0.2, 0.25) is 5.02 Å². The molecule has 1 aromatic heterocycles. The topological polar surface area (TPSA) is 76.8 Å². The summed E-state index contributed by atoms with van der Waals surface area (Å²) in [6, 6.07) is 9.84. The number of halogens is 1. The molecule has 0 unspecified atom stereocenters. The fraction of sp³-hybridized carbons (Fsp3) is 0.278. The predicted octanol–water partition coefficient (Wildman–Crippen LogP) is 2.71. The monoisotopic (exact) mass is 361 g/mol. The van der Waals surface area contributed by atoms with E-state index in [0.717, 1.165) is 0 Å². The third-order valence-electron chi connectivity index (χ3n) is 3.99. The van der Waals surface area contributed by atoms with E-state index in [4.69, 9.17) is 20.8 Å². The molecule has 7 heteroatoms. The van der Waals surface area contributed by atoms with E-state index in [1.165, 1.54) is 6.26 Å². The van der Waals surface area contributed by atoms with Gasteiger partial charge in [-0.1, -0.05) is 11.6 Å². The average molecular weight is 362 g/mol. The average Bonchev–Trinajstić information content (AvgIpc) is 3.24. The highest BCUT2D eigenvalue weighted by molar-refractivity contribution is 6.30. The van der Waals surface area contributed by atoms with Gasteiger partial charge in [0.25, 0.3) is 0 Å². The molecule has 6 nitrogen and oxygen atoms in total. The number of benzene rings is 1. The largest absolute Gasteiger partial charge is 0.467 e. The van der Waals surface area contributed by atoms with Crippen LogP contribution in [0.3, 0.4) is 0 Å². The summed E-state index contributed by atoms with van der Waals surface area (Å²) in [5.41, 5.74) is 0.416. The van der Waals surface area contributed by atoms with Crippen LogP contribution in [-0.4, -0.2) is 35.7 Å². The molecule has 0 aliphatic carbocycles. The van der Waals surface area contributed by atoms with E-state index in [1.54, 1.807) is 41.3 Å². The van der Waals surface area contributed by atoms with Crippen molar-refractivity contribution >= 4 is 29.3 Å². The number of amides is 1. The Morgan fingerprint density at radius 1 is 1.24 bits per heavy atom. The Bertz CT molecular complexity index is 769. The van der Waals surface area contributed by atoms with E-state index in [0.29, 0.717) is 22.9 Å². The molecular weight excluding hydrogens is 346 g/mol. The van der Waals surface area contributed by atoms with Gasteiger partial charge in [-0.05, 0) is 36.4 Å². The molecule has 0 spiro atoms. The maximum absolute atomic E-state index is 12.1. The van der Waals surface area contributed by atoms with Gasteiger partial charge in [-0.15, -0.1) is 0 Å². The molecule has 130 valence electrons. The quantitative estimate of drug-likeness (QED) is 0.584. The van der Waals surface area contributed by atoms with Crippen molar-refractivity contribution in [1.82, 2.24) is 4.90 Å². The van der Waals surface area contributed by atoms with E-state index in [9.17, 15) is 14.4 Å². The second-order valence-electron chi connectivity index (χ2n) is 5.79. The van der Waals surface area contributed by atoms with Crippen molar-refractivity contribution < 1.29 is 23.5 Å². The van der Waals surface area contributed by atoms with Gasteiger partial charge < -0.3 is 14.1 Å². The molecular formula is C18H16ClNO5. The Hall–Kier alpha value is -2.60. The van der Waals surface area contributed by atoms with Crippen LogP contribution in [0.4, 0.5) is 0 Å². The molecule has 2 heterocycles. The van der Waals surface area contributed by atoms with Crippen molar-refractivity contribution in [3.8, 4) is 0 Å². The third-order valence-corrected chi connectivity index (χ3v) is 4.24. The molecule has 3 rings (SSSR count). The number of carbonyl (C=O) groups is 3. The second-order valence-corrected chi connectivity index (χ2v) is 6.23. The van der Waals surface area contributed by atoms with Crippen molar-refractivity contribution in [2.24, 2.45) is 5.92 Å². The number of nitrogens with zero attached hydrogens (tertiary/aromatic N) is 1. The Labute approximate surface area is 149 Å². The summed E-state index contributed by atoms with van der Waals surface area (Å²) in [7, 11) is 0. The van der Waals surface area contributed by atoms with Gasteiger partial charge in [0.15, 0.2) is 12.4 Å². The first-order valence-electron chi connectivity index (χ1n) is 7.78. The van der Waals surface area contributed by atoms with Crippen LogP contribution in [0, 0.1) is 5.92 Å². The molecule has 1 amide bonds. The van der Waals surface area contributed by atoms with Gasteiger partial charge in [-0.25, -0.2) is 0 Å². The molecule has 0 saturated carbocycles. The van der Waals surface area contributed by atoms with Crippen LogP contribution in [0.25, 0.3) is 0 Å². The summed E-state index contributed by atoms with van der Waals surface area (Å²) in [5.74, 6) is -0.914. The Kier molecular flexibility index (Phi) is 5.19. The number of hydrogen-bond acceptors (Lipinski definition) is 5. The summed E-state index contributed by atoms with van der Waals surface area (Å²) in [5, 5.41) is 0.523. The normalized spacial score (nSPS) is 16.9. The Morgan fingerprint density at radius 3 is 2.68 bits per heavy atom. The second kappa shape index (κ2) is 7.53. The van der Waals surface area contributed by atoms with Crippen molar-refractivity contribution in [1.29, 1.82) is 0 Å². The fourth-order valence-corrected chi connectivity index (χ4v) is 2.77. The van der Waals surface area contributed by atoms with Gasteiger partial charge in [0.1, 0.15) is 5.76 Å². The van der Waals surface area contributed by atoms with Gasteiger partial charge in [0.2, 0.25) is 5.91 Å². The number of furan rings is 1. The highest BCUT2D eigenvalue weighted by atomic mass is 35.5. The van der Waals surface area contributed by atoms with Gasteiger partial charge in [-0.3, -0.25) is 14.4 Å². The SMILES string of the molecule is O=C(COC(=O)[C@H]1CC(=O)N(Cc2ccco2)C1)c1ccc(Cl)cc1. The standard InChI is InChI=1S/C18H16ClNO5/c19-14-5-3-12(4-6-14)16(21)11-25-18(23)13-8-17(22)20(9-13)10-15-2-1-7-24-15/h1-7,13H,8-11H2/t13-/m0/s1. The van der Waals surface area contributed by atoms with Crippen molar-refractivity contribution in [2.45, 2.75) is 13.0 Å². The lowest BCUT2D eigenvalue weighted by atomic mass is 10.1. The molecule has 1 saturated heterocycles. The molecule has 2 aromatic rings. The molecule has 0 N–H and O–H groups in total. The maximum atomic E-state index is 12.1. The van der Waals surface area contributed by atoms with Gasteiger partial charge in [0.05, 0.1) is 18.7 Å². The number of ketones is 1. The Morgan fingerprint density at radius 2 is 2.00 bits per heavy atom. The number of likely N-dealkylation sites (tertiary alicyclic amines) is 1. The first kappa shape index (κ1) is 17.2. The predicted molar refractivity (Wildman–Crippen MR) is 89.0 cm³/mol. The van der Waals surface area contributed by atoms with E-state index in [2.05, 4.69) is 0 Å². The van der Waals surface area contributed by atoms with Gasteiger partial charge in [-0.2, -0.15) is 0 Å². The number of carbonyl (C=O) groups excluding carboxylic acids is 3. The van der Waals surface area contributed by atoms with Crippen molar-refractivity contribution in [3.63, 3.8) is 0 Å². The molecule has 1 aliphatic heterocycles. The molecule has 1 aliphatic rings. The molecule has 1 aromatic carbocycles. The highest BCUT2D eigenvalue weighted by Crippen LogP contribution is 2.21. The smallest absolute Gasteiger partial charge is 0.311 e. The minimum absolute atomic E-state index is 0.0781. The minimum atomic E-state index is -0.569. The molecule has 25 heavy (non-hydrogen) atoms. The zero-order chi connectivity index (χ0) is 17.8. The minimum Gasteiger partial charge on any atom is -0.467 e. The number of ether oxygens (including phenoxy) is 1. The third kappa shape index (κ3) is 4.28. The van der Waals surface area contributed by atoms with Crippen molar-refractivity contribution in [2.75, 3.05) is 13.2 Å². The zero-order valence-corrected chi connectivity index (χ0v) is 14.1. The fourth-order valence-electron chi connectivity index (χ4n) is 2.65. The summed E-state index contributed by atoms with van der Waals surface area (Å²) >= 11 is 5.77. The molecule has 0 radical (unpaired) electrons. The van der Waals surface area contributed by atoms with E-state index in [1.807, 2.05) is 0 Å². The lowest BCUT2D eigenvalue weighted by Gasteiger charge is -2.14. The number of hydrogen-bond donors (Lipinski definition) is 0. The zero-order valence-electron chi connectivity index (χ0n) is 13.3. The van der Waals surface area contributed by atoms with Crippen LogP contribution in [-0.2, 0) is 20.9 Å². The van der Waals surface area contributed by atoms with Gasteiger partial charge >= 0.3 is 5.97 Å². The summed E-state index contributed by atoms with van der Waals surface area (Å²) < 4.78 is 10.3. The molecule has 1 atom stereocenters. The first-order chi connectivity index (χ1) is 12.0. The van der Waals surface area contributed by atoms with Crippen LogP contribution in [0.15, 0.2) is 47.1 Å². The first-order valence-corrected chi connectivity index (χ1v) is 8.16. The van der Waals surface area contributed by atoms with E-state index in [-0.39, 0.29) is 31.3 Å². The van der Waals surface area contributed by atoms with Gasteiger partial charge in [0, 0.05) is 23.6 Å². The van der Waals surface area contributed by atoms with Crippen LogP contribution in [0.5, 0.6) is 0 Å². The lowest BCUT2D eigenvalue weighted by Crippen LogP contribution is -2.27. The number of Topliss-reactive ketones (excluding diaryl/α,β-unsaturated/α-hetero) is 1. The summed E-state index contributed by atoms with van der Waals surface area (Å²) in [6.07, 6.45) is 1.61. The van der Waals surface area contributed by atoms with Crippen LogP contribution >= 0.6 is 11.6 Å². The van der Waals surface area contributed by atoms with E-state index < -0.39 is 11.9 Å². The van der Waals surface area contributed by atoms with Crippen molar-refractivity contribution in [3.05, 3.63) is 59.0 Å². The molecule has 1 fully saturated rings. The number of esters is 1.